The Hall–Kier alpha value is -2.47. The first-order valence-corrected chi connectivity index (χ1v) is 8.75. The first-order chi connectivity index (χ1) is 11.6. The number of hydrogen-bond donors (Lipinski definition) is 0. The van der Waals surface area contributed by atoms with Gasteiger partial charge in [0.15, 0.2) is 0 Å². The molecular formula is C18H20N4OS. The van der Waals surface area contributed by atoms with Gasteiger partial charge in [-0.05, 0) is 23.9 Å². The van der Waals surface area contributed by atoms with Gasteiger partial charge in [0.25, 0.3) is 5.91 Å². The second kappa shape index (κ2) is 7.40. The van der Waals surface area contributed by atoms with Gasteiger partial charge in [0.05, 0.1) is 6.20 Å². The molecule has 6 heteroatoms. The van der Waals surface area contributed by atoms with Gasteiger partial charge in [0.2, 0.25) is 0 Å². The van der Waals surface area contributed by atoms with E-state index in [4.69, 9.17) is 0 Å². The normalized spacial score (nSPS) is 12.1. The first kappa shape index (κ1) is 16.4. The third-order valence-electron chi connectivity index (χ3n) is 4.00. The zero-order valence-electron chi connectivity index (χ0n) is 13.8. The molecule has 1 amide bonds. The quantitative estimate of drug-likeness (QED) is 0.693. The zero-order valence-corrected chi connectivity index (χ0v) is 14.6. The van der Waals surface area contributed by atoms with Crippen LogP contribution in [-0.4, -0.2) is 31.8 Å². The molecule has 2 heterocycles. The van der Waals surface area contributed by atoms with E-state index < -0.39 is 0 Å². The summed E-state index contributed by atoms with van der Waals surface area (Å²) in [4.78, 5) is 16.2. The summed E-state index contributed by atoms with van der Waals surface area (Å²) in [6.45, 7) is 2.65. The van der Waals surface area contributed by atoms with Gasteiger partial charge >= 0.3 is 0 Å². The average molecular weight is 340 g/mol. The lowest BCUT2D eigenvalue weighted by Crippen LogP contribution is -2.40. The summed E-state index contributed by atoms with van der Waals surface area (Å²) in [6.07, 6.45) is 2.36. The van der Waals surface area contributed by atoms with Crippen molar-refractivity contribution < 1.29 is 4.79 Å². The first-order valence-electron chi connectivity index (χ1n) is 7.87. The Morgan fingerprint density at radius 3 is 2.67 bits per heavy atom. The Balaban J connectivity index is 1.85. The molecule has 1 atom stereocenters. The maximum absolute atomic E-state index is 13.0. The van der Waals surface area contributed by atoms with Crippen molar-refractivity contribution in [3.63, 3.8) is 0 Å². The van der Waals surface area contributed by atoms with E-state index in [1.165, 1.54) is 15.8 Å². The van der Waals surface area contributed by atoms with E-state index >= 15 is 0 Å². The molecule has 0 saturated carbocycles. The molecule has 5 nitrogen and oxygen atoms in total. The van der Waals surface area contributed by atoms with Gasteiger partial charge in [0, 0.05) is 30.9 Å². The summed E-state index contributed by atoms with van der Waals surface area (Å²) in [5.74, 6) is -0.0459. The van der Waals surface area contributed by atoms with Crippen LogP contribution in [0.2, 0.25) is 0 Å². The fourth-order valence-electron chi connectivity index (χ4n) is 2.67. The molecular weight excluding hydrogens is 320 g/mol. The molecule has 0 saturated heterocycles. The third-order valence-corrected chi connectivity index (χ3v) is 4.90. The average Bonchev–Trinajstić information content (AvgIpc) is 3.24. The predicted octanol–water partition coefficient (Wildman–Crippen LogP) is 3.15. The van der Waals surface area contributed by atoms with Crippen LogP contribution in [0.25, 0.3) is 0 Å². The van der Waals surface area contributed by atoms with Crippen LogP contribution in [0.1, 0.15) is 27.9 Å². The highest BCUT2D eigenvalue weighted by Gasteiger charge is 2.24. The molecule has 0 aliphatic carbocycles. The lowest BCUT2D eigenvalue weighted by atomic mass is 10.1. The fraction of sp³-hybridized carbons (Fsp3) is 0.278. The van der Waals surface area contributed by atoms with Crippen molar-refractivity contribution >= 4 is 17.2 Å². The van der Waals surface area contributed by atoms with Gasteiger partial charge in [-0.25, -0.2) is 4.68 Å². The number of thiophene rings is 1. The van der Waals surface area contributed by atoms with Crippen LogP contribution in [0.3, 0.4) is 0 Å². The number of aryl methyl sites for hydroxylation is 1. The smallest absolute Gasteiger partial charge is 0.274 e. The van der Waals surface area contributed by atoms with Crippen molar-refractivity contribution in [2.75, 3.05) is 0 Å². The summed E-state index contributed by atoms with van der Waals surface area (Å²) < 4.78 is 1.53. The number of aromatic nitrogens is 3. The van der Waals surface area contributed by atoms with Crippen molar-refractivity contribution in [1.82, 2.24) is 19.9 Å². The molecule has 0 spiro atoms. The van der Waals surface area contributed by atoms with Crippen LogP contribution in [0.5, 0.6) is 0 Å². The molecule has 0 N–H and O–H groups in total. The summed E-state index contributed by atoms with van der Waals surface area (Å²) in [5.41, 5.74) is 1.61. The largest absolute Gasteiger partial charge is 0.330 e. The Kier molecular flexibility index (Phi) is 5.05. The maximum atomic E-state index is 13.0. The van der Waals surface area contributed by atoms with Crippen LogP contribution in [0.4, 0.5) is 0 Å². The van der Waals surface area contributed by atoms with Gasteiger partial charge < -0.3 is 4.90 Å². The molecule has 3 aromatic rings. The molecule has 0 bridgehead atoms. The van der Waals surface area contributed by atoms with Crippen molar-refractivity contribution in [1.29, 1.82) is 0 Å². The number of hydrogen-bond acceptors (Lipinski definition) is 4. The number of rotatable bonds is 6. The number of nitrogens with zero attached hydrogens (tertiary/aromatic N) is 4. The Morgan fingerprint density at radius 2 is 2.04 bits per heavy atom. The number of benzene rings is 1. The van der Waals surface area contributed by atoms with E-state index in [1.807, 2.05) is 41.3 Å². The summed E-state index contributed by atoms with van der Waals surface area (Å²) >= 11 is 1.72. The monoisotopic (exact) mass is 340 g/mol. The van der Waals surface area contributed by atoms with Gasteiger partial charge in [-0.1, -0.05) is 41.6 Å². The third kappa shape index (κ3) is 3.71. The molecule has 124 valence electrons. The maximum Gasteiger partial charge on any atom is 0.274 e. The van der Waals surface area contributed by atoms with E-state index in [1.54, 1.807) is 18.4 Å². The van der Waals surface area contributed by atoms with Gasteiger partial charge in [-0.2, -0.15) is 0 Å². The van der Waals surface area contributed by atoms with Crippen molar-refractivity contribution in [2.45, 2.75) is 25.9 Å². The van der Waals surface area contributed by atoms with Crippen LogP contribution < -0.4 is 0 Å². The number of carbonyl (C=O) groups excluding carboxylic acids is 1. The predicted molar refractivity (Wildman–Crippen MR) is 94.8 cm³/mol. The van der Waals surface area contributed by atoms with Crippen molar-refractivity contribution in [3.05, 3.63) is 70.2 Å². The highest BCUT2D eigenvalue weighted by Crippen LogP contribution is 2.18. The minimum atomic E-state index is -0.0459. The SMILES string of the molecule is C[C@H](Cc1cccs1)N(Cc1ccccc1)C(=O)c1cnnn1C. The second-order valence-corrected chi connectivity index (χ2v) is 6.83. The summed E-state index contributed by atoms with van der Waals surface area (Å²) in [7, 11) is 1.74. The van der Waals surface area contributed by atoms with Gasteiger partial charge in [-0.3, -0.25) is 4.79 Å². The van der Waals surface area contributed by atoms with E-state index in [-0.39, 0.29) is 11.9 Å². The number of amides is 1. The van der Waals surface area contributed by atoms with Crippen LogP contribution in [0, 0.1) is 0 Å². The fourth-order valence-corrected chi connectivity index (χ4v) is 3.49. The van der Waals surface area contributed by atoms with E-state index in [0.29, 0.717) is 12.2 Å². The van der Waals surface area contributed by atoms with E-state index in [9.17, 15) is 4.79 Å². The second-order valence-electron chi connectivity index (χ2n) is 5.79. The van der Waals surface area contributed by atoms with Gasteiger partial charge in [0.1, 0.15) is 5.69 Å². The van der Waals surface area contributed by atoms with Crippen molar-refractivity contribution in [2.24, 2.45) is 7.05 Å². The molecule has 0 aliphatic heterocycles. The zero-order chi connectivity index (χ0) is 16.9. The Morgan fingerprint density at radius 1 is 1.25 bits per heavy atom. The lowest BCUT2D eigenvalue weighted by Gasteiger charge is -2.29. The molecule has 0 unspecified atom stereocenters. The number of carbonyl (C=O) groups is 1. The molecule has 2 aromatic heterocycles. The molecule has 24 heavy (non-hydrogen) atoms. The van der Waals surface area contributed by atoms with Crippen molar-refractivity contribution in [3.8, 4) is 0 Å². The van der Waals surface area contributed by atoms with Gasteiger partial charge in [-0.15, -0.1) is 16.4 Å². The minimum absolute atomic E-state index is 0.0459. The summed E-state index contributed by atoms with van der Waals surface area (Å²) in [5, 5.41) is 9.78. The standard InChI is InChI=1S/C18H20N4OS/c1-14(11-16-9-6-10-24-16)22(13-15-7-4-3-5-8-15)18(23)17-12-19-20-21(17)2/h3-10,12,14H,11,13H2,1-2H3/t14-/m1/s1. The lowest BCUT2D eigenvalue weighted by molar-refractivity contribution is 0.0664. The minimum Gasteiger partial charge on any atom is -0.330 e. The highest BCUT2D eigenvalue weighted by atomic mass is 32.1. The molecule has 1 aromatic carbocycles. The topological polar surface area (TPSA) is 51.0 Å². The van der Waals surface area contributed by atoms with E-state index in [2.05, 4.69) is 28.7 Å². The Labute approximate surface area is 145 Å². The van der Waals surface area contributed by atoms with Crippen LogP contribution >= 0.6 is 11.3 Å². The Bertz CT molecular complexity index is 782. The highest BCUT2D eigenvalue weighted by molar-refractivity contribution is 7.09. The van der Waals surface area contributed by atoms with E-state index in [0.717, 1.165) is 12.0 Å². The van der Waals surface area contributed by atoms with Crippen LogP contribution in [-0.2, 0) is 20.0 Å². The summed E-state index contributed by atoms with van der Waals surface area (Å²) in [6, 6.07) is 14.3. The molecule has 0 aliphatic rings. The molecule has 0 fully saturated rings. The molecule has 0 radical (unpaired) electrons. The van der Waals surface area contributed by atoms with Crippen LogP contribution in [0.15, 0.2) is 54.0 Å². The molecule has 3 rings (SSSR count).